The number of nitrogens with zero attached hydrogens (tertiary/aromatic N) is 6. The second-order valence-electron chi connectivity index (χ2n) is 9.07. The number of carbonyl (C=O) groups is 2. The summed E-state index contributed by atoms with van der Waals surface area (Å²) < 4.78 is 40.7. The summed E-state index contributed by atoms with van der Waals surface area (Å²) in [4.78, 5) is 39.4. The minimum atomic E-state index is -4.61. The topological polar surface area (TPSA) is 142 Å². The standard InChI is InChI=1S/C27H21F3N8O2/c1-2-22(39)37-10-7-16(14-37)23-20-6-9-34-26(32)38(20)24(36-23)15-3-4-19(17(11-15)13-31)25(40)35-21-12-18(5-8-33-21)27(28,29)30/h2-6,8-9,11-12,16H,1,7,10,14H2,(H2,32,34)(H,33,35,40). The zero-order valence-corrected chi connectivity index (χ0v) is 20.8. The number of nitrogen functional groups attached to an aromatic ring is 1. The van der Waals surface area contributed by atoms with E-state index in [-0.39, 0.29) is 34.7 Å². The number of pyridine rings is 1. The number of hydrogen-bond donors (Lipinski definition) is 2. The van der Waals surface area contributed by atoms with E-state index in [0.717, 1.165) is 12.3 Å². The second kappa shape index (κ2) is 10.1. The number of nitrogens with two attached hydrogens (primary N) is 1. The average Bonchev–Trinajstić information content (AvgIpc) is 3.58. The quantitative estimate of drug-likeness (QED) is 0.360. The van der Waals surface area contributed by atoms with Gasteiger partial charge < -0.3 is 16.0 Å². The van der Waals surface area contributed by atoms with Crippen LogP contribution in [0.5, 0.6) is 0 Å². The molecule has 4 aromatic rings. The smallest absolute Gasteiger partial charge is 0.369 e. The molecule has 1 aliphatic rings. The number of amides is 2. The largest absolute Gasteiger partial charge is 0.416 e. The number of nitrogens with one attached hydrogen (secondary N) is 1. The molecule has 0 aliphatic carbocycles. The number of rotatable bonds is 5. The number of carbonyl (C=O) groups excluding carboxylic acids is 2. The predicted octanol–water partition coefficient (Wildman–Crippen LogP) is 4.02. The first-order valence-corrected chi connectivity index (χ1v) is 12.0. The van der Waals surface area contributed by atoms with Crippen LogP contribution in [0.2, 0.25) is 0 Å². The van der Waals surface area contributed by atoms with Crippen LogP contribution >= 0.6 is 0 Å². The highest BCUT2D eigenvalue weighted by molar-refractivity contribution is 6.05. The highest BCUT2D eigenvalue weighted by Gasteiger charge is 2.32. The highest BCUT2D eigenvalue weighted by Crippen LogP contribution is 2.34. The maximum Gasteiger partial charge on any atom is 0.416 e. The third kappa shape index (κ3) is 4.82. The molecule has 40 heavy (non-hydrogen) atoms. The van der Waals surface area contributed by atoms with Crippen molar-refractivity contribution in [1.29, 1.82) is 5.26 Å². The summed E-state index contributed by atoms with van der Waals surface area (Å²) in [5, 5.41) is 12.1. The number of alkyl halides is 3. The van der Waals surface area contributed by atoms with Crippen LogP contribution < -0.4 is 11.1 Å². The predicted molar refractivity (Wildman–Crippen MR) is 139 cm³/mol. The van der Waals surface area contributed by atoms with Gasteiger partial charge in [-0.05, 0) is 42.8 Å². The minimum Gasteiger partial charge on any atom is -0.369 e. The molecule has 13 heteroatoms. The van der Waals surface area contributed by atoms with Gasteiger partial charge in [0.25, 0.3) is 5.91 Å². The van der Waals surface area contributed by atoms with Crippen molar-refractivity contribution >= 4 is 29.1 Å². The molecular weight excluding hydrogens is 525 g/mol. The lowest BCUT2D eigenvalue weighted by Gasteiger charge is -2.13. The van der Waals surface area contributed by atoms with Crippen molar-refractivity contribution in [2.24, 2.45) is 0 Å². The number of aromatic nitrogens is 4. The van der Waals surface area contributed by atoms with Crippen molar-refractivity contribution in [3.05, 3.63) is 83.8 Å². The van der Waals surface area contributed by atoms with E-state index < -0.39 is 17.6 Å². The van der Waals surface area contributed by atoms with Crippen molar-refractivity contribution in [2.45, 2.75) is 18.5 Å². The molecule has 0 saturated carbocycles. The van der Waals surface area contributed by atoms with Crippen LogP contribution in [0, 0.1) is 11.3 Å². The summed E-state index contributed by atoms with van der Waals surface area (Å²) in [6, 6.07) is 9.60. The second-order valence-corrected chi connectivity index (χ2v) is 9.07. The van der Waals surface area contributed by atoms with E-state index in [1.165, 1.54) is 18.2 Å². The fraction of sp³-hybridized carbons (Fsp3) is 0.185. The normalized spacial score (nSPS) is 15.2. The Labute approximate surface area is 225 Å². The molecule has 2 amide bonds. The average molecular weight is 547 g/mol. The van der Waals surface area contributed by atoms with Gasteiger partial charge in [0, 0.05) is 37.0 Å². The van der Waals surface area contributed by atoms with Crippen molar-refractivity contribution in [1.82, 2.24) is 24.3 Å². The van der Waals surface area contributed by atoms with Crippen LogP contribution in [-0.4, -0.2) is 49.2 Å². The molecule has 0 bridgehead atoms. The summed E-state index contributed by atoms with van der Waals surface area (Å²) in [5.74, 6) is -0.819. The number of hydrogen-bond acceptors (Lipinski definition) is 7. The maximum atomic E-state index is 13.0. The summed E-state index contributed by atoms with van der Waals surface area (Å²) in [7, 11) is 0. The van der Waals surface area contributed by atoms with Gasteiger partial charge in [0.15, 0.2) is 0 Å². The van der Waals surface area contributed by atoms with Crippen molar-refractivity contribution < 1.29 is 22.8 Å². The van der Waals surface area contributed by atoms with Gasteiger partial charge in [-0.25, -0.2) is 15.0 Å². The Kier molecular flexibility index (Phi) is 6.68. The molecule has 10 nitrogen and oxygen atoms in total. The lowest BCUT2D eigenvalue weighted by atomic mass is 10.0. The molecule has 1 aliphatic heterocycles. The molecule has 0 spiro atoms. The molecule has 1 aromatic carbocycles. The van der Waals surface area contributed by atoms with E-state index >= 15 is 0 Å². The number of imidazole rings is 1. The monoisotopic (exact) mass is 546 g/mol. The zero-order chi connectivity index (χ0) is 28.6. The van der Waals surface area contributed by atoms with Gasteiger partial charge in [-0.1, -0.05) is 12.6 Å². The Morgan fingerprint density at radius 2 is 1.95 bits per heavy atom. The Balaban J connectivity index is 1.50. The van der Waals surface area contributed by atoms with Gasteiger partial charge in [0.1, 0.15) is 11.6 Å². The van der Waals surface area contributed by atoms with Crippen molar-refractivity contribution in [3.8, 4) is 17.5 Å². The first-order valence-electron chi connectivity index (χ1n) is 12.0. The number of benzene rings is 1. The first kappa shape index (κ1) is 26.4. The van der Waals surface area contributed by atoms with E-state index in [9.17, 15) is 28.0 Å². The number of halogens is 3. The molecule has 1 atom stereocenters. The van der Waals surface area contributed by atoms with Crippen LogP contribution in [0.3, 0.4) is 0 Å². The first-order chi connectivity index (χ1) is 19.1. The van der Waals surface area contributed by atoms with E-state index in [1.807, 2.05) is 6.07 Å². The molecule has 3 aromatic heterocycles. The third-order valence-electron chi connectivity index (χ3n) is 6.64. The van der Waals surface area contributed by atoms with E-state index in [1.54, 1.807) is 27.6 Å². The van der Waals surface area contributed by atoms with Gasteiger partial charge >= 0.3 is 6.18 Å². The van der Waals surface area contributed by atoms with Gasteiger partial charge in [0.05, 0.1) is 34.0 Å². The summed E-state index contributed by atoms with van der Waals surface area (Å²) in [5.41, 5.74) is 6.99. The number of fused-ring (bicyclic) bond motifs is 1. The molecule has 4 heterocycles. The van der Waals surface area contributed by atoms with Crippen LogP contribution in [0.1, 0.15) is 39.5 Å². The lowest BCUT2D eigenvalue weighted by Crippen LogP contribution is -2.26. The van der Waals surface area contributed by atoms with Crippen molar-refractivity contribution in [3.63, 3.8) is 0 Å². The van der Waals surface area contributed by atoms with Gasteiger partial charge in [0.2, 0.25) is 11.9 Å². The lowest BCUT2D eigenvalue weighted by molar-refractivity contribution is -0.137. The summed E-state index contributed by atoms with van der Waals surface area (Å²) in [6.45, 7) is 4.54. The molecule has 3 N–H and O–H groups in total. The molecule has 1 fully saturated rings. The molecule has 0 radical (unpaired) electrons. The molecule has 5 rings (SSSR count). The summed E-state index contributed by atoms with van der Waals surface area (Å²) in [6.07, 6.45) is -0.173. The van der Waals surface area contributed by atoms with Crippen LogP contribution in [0.15, 0.2) is 61.4 Å². The number of likely N-dealkylation sites (tertiary alicyclic amines) is 1. The number of nitriles is 1. The molecule has 1 saturated heterocycles. The number of anilines is 2. The van der Waals surface area contributed by atoms with E-state index in [4.69, 9.17) is 10.7 Å². The molecule has 1 unspecified atom stereocenters. The molecule has 202 valence electrons. The minimum absolute atomic E-state index is 0.0358. The van der Waals surface area contributed by atoms with E-state index in [2.05, 4.69) is 21.9 Å². The summed E-state index contributed by atoms with van der Waals surface area (Å²) >= 11 is 0. The third-order valence-corrected chi connectivity index (χ3v) is 6.64. The van der Waals surface area contributed by atoms with E-state index in [0.29, 0.717) is 48.2 Å². The van der Waals surface area contributed by atoms with Crippen LogP contribution in [-0.2, 0) is 11.0 Å². The fourth-order valence-corrected chi connectivity index (χ4v) is 4.72. The highest BCUT2D eigenvalue weighted by atomic mass is 19.4. The van der Waals surface area contributed by atoms with Gasteiger partial charge in [-0.15, -0.1) is 0 Å². The maximum absolute atomic E-state index is 13.0. The zero-order valence-electron chi connectivity index (χ0n) is 20.8. The Bertz CT molecular complexity index is 1710. The van der Waals surface area contributed by atoms with Gasteiger partial charge in [-0.3, -0.25) is 14.0 Å². The Morgan fingerprint density at radius 1 is 1.18 bits per heavy atom. The molecular formula is C27H21F3N8O2. The van der Waals surface area contributed by atoms with Crippen molar-refractivity contribution in [2.75, 3.05) is 24.1 Å². The van der Waals surface area contributed by atoms with Gasteiger partial charge in [-0.2, -0.15) is 18.4 Å². The van der Waals surface area contributed by atoms with Crippen LogP contribution in [0.4, 0.5) is 24.9 Å². The Morgan fingerprint density at radius 3 is 2.67 bits per heavy atom. The van der Waals surface area contributed by atoms with Crippen LogP contribution in [0.25, 0.3) is 16.9 Å². The SMILES string of the molecule is C=CC(=O)N1CCC(c2nc(-c3ccc(C(=O)Nc4cc(C(F)(F)F)ccn4)c(C#N)c3)n3c(N)nccc23)C1. The fourth-order valence-electron chi connectivity index (χ4n) is 4.72. The Hall–Kier alpha value is -5.25.